The van der Waals surface area contributed by atoms with Gasteiger partial charge in [-0.25, -0.2) is 14.2 Å². The average Bonchev–Trinajstić information content (AvgIpc) is 2.89. The molecule has 0 fully saturated rings. The summed E-state index contributed by atoms with van der Waals surface area (Å²) in [5.41, 5.74) is 0.238. The van der Waals surface area contributed by atoms with Crippen LogP contribution in [0.2, 0.25) is 0 Å². The van der Waals surface area contributed by atoms with Crippen LogP contribution in [-0.4, -0.2) is 16.4 Å². The van der Waals surface area contributed by atoms with Gasteiger partial charge in [-0.15, -0.1) is 0 Å². The van der Waals surface area contributed by atoms with Gasteiger partial charge in [0.05, 0.1) is 6.54 Å². The van der Waals surface area contributed by atoms with Gasteiger partial charge in [0.15, 0.2) is 0 Å². The van der Waals surface area contributed by atoms with Crippen LogP contribution < -0.4 is 5.01 Å². The first kappa shape index (κ1) is 15.1. The van der Waals surface area contributed by atoms with Crippen LogP contribution in [0.4, 0.5) is 9.18 Å². The third-order valence-corrected chi connectivity index (χ3v) is 2.72. The zero-order valence-electron chi connectivity index (χ0n) is 12.4. The van der Waals surface area contributed by atoms with E-state index in [-0.39, 0.29) is 5.82 Å². The molecule has 2 aromatic rings. The highest BCUT2D eigenvalue weighted by molar-refractivity contribution is 5.78. The van der Waals surface area contributed by atoms with Crippen molar-refractivity contribution >= 4 is 6.09 Å². The maximum absolute atomic E-state index is 13.0. The number of carbonyl (C=O) groups excluding carboxylic acids is 1. The largest absolute Gasteiger partial charge is 0.442 e. The first-order chi connectivity index (χ1) is 9.85. The summed E-state index contributed by atoms with van der Waals surface area (Å²) in [5, 5.41) is 1.46. The summed E-state index contributed by atoms with van der Waals surface area (Å²) in [6, 6.07) is 9.69. The second-order valence-electron chi connectivity index (χ2n) is 5.73. The standard InChI is InChI=1S/C16H19FN2O2/c1-16(2,3)21-15(20)19(18-10-4-5-11-18)12-13-6-8-14(17)9-7-13/h4-11H,12H2,1-3H3. The number of aromatic nitrogens is 1. The Hall–Kier alpha value is -2.30. The Morgan fingerprint density at radius 3 is 2.29 bits per heavy atom. The molecule has 21 heavy (non-hydrogen) atoms. The van der Waals surface area contributed by atoms with Gasteiger partial charge in [-0.05, 0) is 50.6 Å². The van der Waals surface area contributed by atoms with Crippen molar-refractivity contribution in [2.75, 3.05) is 5.01 Å². The van der Waals surface area contributed by atoms with Crippen molar-refractivity contribution < 1.29 is 13.9 Å². The fourth-order valence-electron chi connectivity index (χ4n) is 1.80. The van der Waals surface area contributed by atoms with Gasteiger partial charge in [-0.1, -0.05) is 12.1 Å². The summed E-state index contributed by atoms with van der Waals surface area (Å²) < 4.78 is 20.0. The number of hydrogen-bond acceptors (Lipinski definition) is 2. The number of ether oxygens (including phenoxy) is 1. The molecule has 0 aliphatic heterocycles. The molecule has 0 aliphatic rings. The number of rotatable bonds is 3. The molecule has 1 aromatic heterocycles. The summed E-state index contributed by atoms with van der Waals surface area (Å²) in [4.78, 5) is 12.3. The quantitative estimate of drug-likeness (QED) is 0.863. The molecule has 0 unspecified atom stereocenters. The lowest BCUT2D eigenvalue weighted by atomic mass is 10.2. The van der Waals surface area contributed by atoms with Crippen molar-refractivity contribution in [2.24, 2.45) is 0 Å². The fourth-order valence-corrected chi connectivity index (χ4v) is 1.80. The van der Waals surface area contributed by atoms with Gasteiger partial charge in [0.2, 0.25) is 0 Å². The highest BCUT2D eigenvalue weighted by Crippen LogP contribution is 2.13. The molecule has 0 spiro atoms. The van der Waals surface area contributed by atoms with Crippen molar-refractivity contribution in [3.63, 3.8) is 0 Å². The number of hydrogen-bond donors (Lipinski definition) is 0. The van der Waals surface area contributed by atoms with Crippen LogP contribution in [0.5, 0.6) is 0 Å². The molecular weight excluding hydrogens is 271 g/mol. The van der Waals surface area contributed by atoms with E-state index in [0.717, 1.165) is 5.56 Å². The zero-order chi connectivity index (χ0) is 15.5. The minimum atomic E-state index is -0.578. The van der Waals surface area contributed by atoms with Gasteiger partial charge in [-0.2, -0.15) is 0 Å². The topological polar surface area (TPSA) is 34.5 Å². The van der Waals surface area contributed by atoms with E-state index in [9.17, 15) is 9.18 Å². The highest BCUT2D eigenvalue weighted by Gasteiger charge is 2.23. The van der Waals surface area contributed by atoms with E-state index < -0.39 is 11.7 Å². The van der Waals surface area contributed by atoms with Crippen LogP contribution >= 0.6 is 0 Å². The Morgan fingerprint density at radius 2 is 1.76 bits per heavy atom. The van der Waals surface area contributed by atoms with Crippen LogP contribution in [0.3, 0.4) is 0 Å². The molecule has 0 bridgehead atoms. The smallest absolute Gasteiger partial charge is 0.429 e. The predicted molar refractivity (Wildman–Crippen MR) is 79.0 cm³/mol. The second kappa shape index (κ2) is 5.99. The lowest BCUT2D eigenvalue weighted by Gasteiger charge is -2.28. The first-order valence-corrected chi connectivity index (χ1v) is 6.73. The number of nitrogens with zero attached hydrogens (tertiary/aromatic N) is 2. The van der Waals surface area contributed by atoms with E-state index in [1.165, 1.54) is 17.1 Å². The molecule has 1 heterocycles. The molecule has 2 rings (SSSR count). The third kappa shape index (κ3) is 4.34. The number of carbonyl (C=O) groups is 1. The third-order valence-electron chi connectivity index (χ3n) is 2.72. The highest BCUT2D eigenvalue weighted by atomic mass is 19.1. The second-order valence-corrected chi connectivity index (χ2v) is 5.73. The Labute approximate surface area is 123 Å². The van der Waals surface area contributed by atoms with Crippen LogP contribution in [0.25, 0.3) is 0 Å². The summed E-state index contributed by atoms with van der Waals surface area (Å²) in [7, 11) is 0. The van der Waals surface area contributed by atoms with Crippen molar-refractivity contribution in [3.05, 3.63) is 60.2 Å². The monoisotopic (exact) mass is 290 g/mol. The molecule has 0 aliphatic carbocycles. The van der Waals surface area contributed by atoms with Gasteiger partial charge in [0.1, 0.15) is 11.4 Å². The van der Waals surface area contributed by atoms with Crippen LogP contribution in [-0.2, 0) is 11.3 Å². The predicted octanol–water partition coefficient (Wildman–Crippen LogP) is 3.70. The number of benzene rings is 1. The zero-order valence-corrected chi connectivity index (χ0v) is 12.4. The number of amides is 1. The minimum absolute atomic E-state index is 0.296. The Morgan fingerprint density at radius 1 is 1.19 bits per heavy atom. The Balaban J connectivity index is 2.21. The summed E-state index contributed by atoms with van der Waals surface area (Å²) in [6.45, 7) is 5.74. The number of halogens is 1. The van der Waals surface area contributed by atoms with E-state index >= 15 is 0 Å². The lowest BCUT2D eigenvalue weighted by Crippen LogP contribution is -2.42. The molecule has 1 aromatic carbocycles. The molecule has 4 nitrogen and oxygen atoms in total. The van der Waals surface area contributed by atoms with Gasteiger partial charge < -0.3 is 4.74 Å². The minimum Gasteiger partial charge on any atom is -0.442 e. The molecule has 0 N–H and O–H groups in total. The van der Waals surface area contributed by atoms with Crippen molar-refractivity contribution in [2.45, 2.75) is 32.9 Å². The average molecular weight is 290 g/mol. The summed E-state index contributed by atoms with van der Waals surface area (Å²) in [5.74, 6) is -0.302. The molecule has 112 valence electrons. The summed E-state index contributed by atoms with van der Waals surface area (Å²) in [6.07, 6.45) is 3.06. The van der Waals surface area contributed by atoms with Crippen molar-refractivity contribution in [1.82, 2.24) is 4.68 Å². The van der Waals surface area contributed by atoms with E-state index in [4.69, 9.17) is 4.74 Å². The molecule has 1 amide bonds. The van der Waals surface area contributed by atoms with Crippen molar-refractivity contribution in [3.8, 4) is 0 Å². The normalized spacial score (nSPS) is 11.2. The van der Waals surface area contributed by atoms with Gasteiger partial charge in [0.25, 0.3) is 0 Å². The van der Waals surface area contributed by atoms with Crippen LogP contribution in [0.15, 0.2) is 48.8 Å². The van der Waals surface area contributed by atoms with E-state index in [1.807, 2.05) is 32.9 Å². The van der Waals surface area contributed by atoms with Crippen LogP contribution in [0.1, 0.15) is 26.3 Å². The molecule has 0 saturated carbocycles. The van der Waals surface area contributed by atoms with Crippen LogP contribution in [0, 0.1) is 5.82 Å². The van der Waals surface area contributed by atoms with Gasteiger partial charge in [0, 0.05) is 12.4 Å². The first-order valence-electron chi connectivity index (χ1n) is 6.73. The maximum atomic E-state index is 13.0. The molecular formula is C16H19FN2O2. The van der Waals surface area contributed by atoms with E-state index in [1.54, 1.807) is 29.2 Å². The Bertz CT molecular complexity index is 586. The van der Waals surface area contributed by atoms with Gasteiger partial charge >= 0.3 is 6.09 Å². The SMILES string of the molecule is CC(C)(C)OC(=O)N(Cc1ccc(F)cc1)n1cccc1. The molecule has 0 radical (unpaired) electrons. The molecule has 0 saturated heterocycles. The molecule has 0 atom stereocenters. The van der Waals surface area contributed by atoms with E-state index in [2.05, 4.69) is 0 Å². The lowest BCUT2D eigenvalue weighted by molar-refractivity contribution is 0.0534. The van der Waals surface area contributed by atoms with Crippen molar-refractivity contribution in [1.29, 1.82) is 0 Å². The maximum Gasteiger partial charge on any atom is 0.429 e. The van der Waals surface area contributed by atoms with Gasteiger partial charge in [-0.3, -0.25) is 4.68 Å². The molecule has 5 heteroatoms. The van der Waals surface area contributed by atoms with E-state index in [0.29, 0.717) is 6.54 Å². The fraction of sp³-hybridized carbons (Fsp3) is 0.312. The summed E-state index contributed by atoms with van der Waals surface area (Å²) >= 11 is 0. The Kier molecular flexibility index (Phi) is 4.31.